The van der Waals surface area contributed by atoms with E-state index in [1.54, 1.807) is 7.11 Å². The molecule has 0 amide bonds. The van der Waals surface area contributed by atoms with Gasteiger partial charge in [-0.15, -0.1) is 0 Å². The molecular formula is C11H13O. The smallest absolute Gasteiger partial charge is 0.122 e. The van der Waals surface area contributed by atoms with E-state index in [9.17, 15) is 0 Å². The number of methoxy groups -OCH3 is 1. The summed E-state index contributed by atoms with van der Waals surface area (Å²) in [4.78, 5) is 0. The molecule has 0 heterocycles. The van der Waals surface area contributed by atoms with Gasteiger partial charge in [-0.3, -0.25) is 0 Å². The largest absolute Gasteiger partial charge is 0.496 e. The number of hydrogen-bond acceptors (Lipinski definition) is 1. The Bertz CT molecular complexity index is 287. The van der Waals surface area contributed by atoms with Crippen molar-refractivity contribution in [3.8, 4) is 5.75 Å². The molecule has 0 unspecified atom stereocenters. The molecule has 1 fully saturated rings. The lowest BCUT2D eigenvalue weighted by Gasteiger charge is -2.07. The van der Waals surface area contributed by atoms with Crippen LogP contribution in [0.5, 0.6) is 5.75 Å². The van der Waals surface area contributed by atoms with Crippen LogP contribution in [0.2, 0.25) is 0 Å². The molecule has 1 nitrogen and oxygen atoms in total. The van der Waals surface area contributed by atoms with Crippen molar-refractivity contribution in [2.24, 2.45) is 0 Å². The van der Waals surface area contributed by atoms with E-state index >= 15 is 0 Å². The predicted molar refractivity (Wildman–Crippen MR) is 49.4 cm³/mol. The van der Waals surface area contributed by atoms with Gasteiger partial charge in [0.05, 0.1) is 7.11 Å². The molecule has 1 aromatic carbocycles. The van der Waals surface area contributed by atoms with Gasteiger partial charge in [0, 0.05) is 0 Å². The summed E-state index contributed by atoms with van der Waals surface area (Å²) in [6, 6.07) is 6.20. The molecule has 0 aliphatic heterocycles. The first-order valence-corrected chi connectivity index (χ1v) is 4.31. The molecule has 0 bridgehead atoms. The standard InChI is InChI=1S/C11H13O/c1-8-3-6-10(9-4-5-9)11(7-8)12-2/h3,6-7,9H,1,4-5H2,2H3. The quantitative estimate of drug-likeness (QED) is 0.648. The zero-order chi connectivity index (χ0) is 8.55. The van der Waals surface area contributed by atoms with Gasteiger partial charge in [-0.1, -0.05) is 12.1 Å². The third-order valence-electron chi connectivity index (χ3n) is 2.32. The van der Waals surface area contributed by atoms with Crippen LogP contribution in [0.3, 0.4) is 0 Å². The lowest BCUT2D eigenvalue weighted by molar-refractivity contribution is 0.409. The summed E-state index contributed by atoms with van der Waals surface area (Å²) in [7, 11) is 1.72. The summed E-state index contributed by atoms with van der Waals surface area (Å²) in [5.74, 6) is 1.76. The summed E-state index contributed by atoms with van der Waals surface area (Å²) in [5, 5.41) is 0. The second kappa shape index (κ2) is 2.81. The maximum Gasteiger partial charge on any atom is 0.122 e. The molecule has 1 saturated carbocycles. The molecule has 1 aliphatic rings. The van der Waals surface area contributed by atoms with Gasteiger partial charge in [-0.2, -0.15) is 0 Å². The first kappa shape index (κ1) is 7.66. The molecule has 12 heavy (non-hydrogen) atoms. The number of hydrogen-bond donors (Lipinski definition) is 0. The first-order valence-electron chi connectivity index (χ1n) is 4.31. The van der Waals surface area contributed by atoms with E-state index in [0.29, 0.717) is 0 Å². The minimum absolute atomic E-state index is 0.751. The van der Waals surface area contributed by atoms with Crippen LogP contribution in [0.15, 0.2) is 18.2 Å². The highest BCUT2D eigenvalue weighted by Gasteiger charge is 2.26. The highest BCUT2D eigenvalue weighted by molar-refractivity contribution is 5.42. The summed E-state index contributed by atoms with van der Waals surface area (Å²) >= 11 is 0. The molecule has 0 N–H and O–H groups in total. The van der Waals surface area contributed by atoms with E-state index < -0.39 is 0 Å². The monoisotopic (exact) mass is 161 g/mol. The highest BCUT2D eigenvalue weighted by Crippen LogP contribution is 2.44. The van der Waals surface area contributed by atoms with Crippen LogP contribution in [0.1, 0.15) is 29.9 Å². The molecule has 1 aliphatic carbocycles. The molecule has 0 aromatic heterocycles. The van der Waals surface area contributed by atoms with Gasteiger partial charge in [0.15, 0.2) is 0 Å². The van der Waals surface area contributed by atoms with E-state index in [1.165, 1.54) is 18.4 Å². The fraction of sp³-hybridized carbons (Fsp3) is 0.364. The zero-order valence-electron chi connectivity index (χ0n) is 7.34. The lowest BCUT2D eigenvalue weighted by atomic mass is 10.1. The molecule has 1 aromatic rings. The Kier molecular flexibility index (Phi) is 1.80. The van der Waals surface area contributed by atoms with Crippen LogP contribution >= 0.6 is 0 Å². The Morgan fingerprint density at radius 1 is 1.42 bits per heavy atom. The van der Waals surface area contributed by atoms with Crippen molar-refractivity contribution >= 4 is 0 Å². The number of ether oxygens (including phenoxy) is 1. The molecule has 1 heteroatoms. The summed E-state index contributed by atoms with van der Waals surface area (Å²) < 4.78 is 5.29. The lowest BCUT2D eigenvalue weighted by Crippen LogP contribution is -1.90. The van der Waals surface area contributed by atoms with Gasteiger partial charge in [-0.05, 0) is 42.9 Å². The predicted octanol–water partition coefficient (Wildman–Crippen LogP) is 2.75. The van der Waals surface area contributed by atoms with Crippen LogP contribution < -0.4 is 4.74 Å². The van der Waals surface area contributed by atoms with Crippen molar-refractivity contribution in [3.05, 3.63) is 36.2 Å². The molecule has 1 radical (unpaired) electrons. The van der Waals surface area contributed by atoms with Gasteiger partial charge in [0.1, 0.15) is 5.75 Å². The van der Waals surface area contributed by atoms with Crippen LogP contribution in [-0.4, -0.2) is 7.11 Å². The third-order valence-corrected chi connectivity index (χ3v) is 2.32. The van der Waals surface area contributed by atoms with Gasteiger partial charge in [0.2, 0.25) is 0 Å². The van der Waals surface area contributed by atoms with E-state index in [4.69, 9.17) is 4.74 Å². The van der Waals surface area contributed by atoms with Crippen LogP contribution in [0.25, 0.3) is 0 Å². The molecular weight excluding hydrogens is 148 g/mol. The van der Waals surface area contributed by atoms with Crippen molar-refractivity contribution in [2.45, 2.75) is 18.8 Å². The topological polar surface area (TPSA) is 9.23 Å². The van der Waals surface area contributed by atoms with Gasteiger partial charge in [-0.25, -0.2) is 0 Å². The second-order valence-corrected chi connectivity index (χ2v) is 3.35. The average molecular weight is 161 g/mol. The number of benzene rings is 1. The molecule has 2 rings (SSSR count). The van der Waals surface area contributed by atoms with Crippen molar-refractivity contribution in [1.29, 1.82) is 0 Å². The van der Waals surface area contributed by atoms with E-state index in [0.717, 1.165) is 17.2 Å². The van der Waals surface area contributed by atoms with E-state index in [2.05, 4.69) is 19.1 Å². The summed E-state index contributed by atoms with van der Waals surface area (Å²) in [6.07, 6.45) is 2.62. The second-order valence-electron chi connectivity index (χ2n) is 3.35. The van der Waals surface area contributed by atoms with Gasteiger partial charge in [0.25, 0.3) is 0 Å². The minimum atomic E-state index is 0.751. The van der Waals surface area contributed by atoms with Crippen molar-refractivity contribution in [1.82, 2.24) is 0 Å². The Morgan fingerprint density at radius 2 is 2.17 bits per heavy atom. The highest BCUT2D eigenvalue weighted by atomic mass is 16.5. The van der Waals surface area contributed by atoms with Crippen LogP contribution in [-0.2, 0) is 0 Å². The normalized spacial score (nSPS) is 16.2. The fourth-order valence-corrected chi connectivity index (χ4v) is 1.49. The number of rotatable bonds is 2. The molecule has 63 valence electrons. The maximum atomic E-state index is 5.29. The molecule has 0 spiro atoms. The van der Waals surface area contributed by atoms with E-state index in [-0.39, 0.29) is 0 Å². The summed E-state index contributed by atoms with van der Waals surface area (Å²) in [6.45, 7) is 3.87. The third kappa shape index (κ3) is 1.31. The van der Waals surface area contributed by atoms with Gasteiger partial charge < -0.3 is 4.74 Å². The van der Waals surface area contributed by atoms with Crippen LogP contribution in [0, 0.1) is 6.92 Å². The van der Waals surface area contributed by atoms with E-state index in [1.807, 2.05) is 6.07 Å². The molecule has 0 saturated heterocycles. The SMILES string of the molecule is [CH2]c1ccc(C2CC2)c(OC)c1. The Labute approximate surface area is 73.4 Å². The minimum Gasteiger partial charge on any atom is -0.496 e. The zero-order valence-corrected chi connectivity index (χ0v) is 7.34. The Balaban J connectivity index is 2.38. The maximum absolute atomic E-state index is 5.29. The van der Waals surface area contributed by atoms with Crippen molar-refractivity contribution < 1.29 is 4.74 Å². The van der Waals surface area contributed by atoms with Crippen molar-refractivity contribution in [3.63, 3.8) is 0 Å². The first-order chi connectivity index (χ1) is 5.81. The fourth-order valence-electron chi connectivity index (χ4n) is 1.49. The van der Waals surface area contributed by atoms with Crippen LogP contribution in [0.4, 0.5) is 0 Å². The average Bonchev–Trinajstić information content (AvgIpc) is 2.87. The Hall–Kier alpha value is -0.980. The Morgan fingerprint density at radius 3 is 2.75 bits per heavy atom. The van der Waals surface area contributed by atoms with Crippen molar-refractivity contribution in [2.75, 3.05) is 7.11 Å². The summed E-state index contributed by atoms with van der Waals surface area (Å²) in [5.41, 5.74) is 2.38. The van der Waals surface area contributed by atoms with Gasteiger partial charge >= 0.3 is 0 Å². The molecule has 0 atom stereocenters.